The monoisotopic (exact) mass is 409 g/mol. The van der Waals surface area contributed by atoms with Gasteiger partial charge < -0.3 is 10.6 Å². The number of hydrogen-bond donors (Lipinski definition) is 2. The van der Waals surface area contributed by atoms with Crippen LogP contribution in [0.1, 0.15) is 20.8 Å². The van der Waals surface area contributed by atoms with Crippen molar-refractivity contribution in [3.05, 3.63) is 70.4 Å². The van der Waals surface area contributed by atoms with E-state index < -0.39 is 40.6 Å². The molecule has 0 spiro atoms. The number of nitrogens with zero attached hydrogens (tertiary/aromatic N) is 3. The van der Waals surface area contributed by atoms with E-state index in [1.807, 2.05) is 0 Å². The Kier molecular flexibility index (Phi) is 5.32. The Bertz CT molecular complexity index is 1090. The third-order valence-electron chi connectivity index (χ3n) is 3.62. The van der Waals surface area contributed by atoms with Gasteiger partial charge in [0.05, 0.1) is 16.3 Å². The molecule has 0 saturated carbocycles. The van der Waals surface area contributed by atoms with Crippen LogP contribution in [0.15, 0.2) is 36.5 Å². The molecule has 2 heterocycles. The average molecular weight is 410 g/mol. The van der Waals surface area contributed by atoms with Crippen LogP contribution in [0.4, 0.5) is 18.9 Å². The second-order valence-electron chi connectivity index (χ2n) is 5.42. The number of amides is 2. The number of benzene rings is 1. The van der Waals surface area contributed by atoms with Gasteiger partial charge in [0.1, 0.15) is 17.3 Å². The van der Waals surface area contributed by atoms with Crippen LogP contribution in [0, 0.1) is 17.6 Å². The van der Waals surface area contributed by atoms with E-state index in [1.54, 1.807) is 0 Å². The van der Waals surface area contributed by atoms with E-state index in [4.69, 9.17) is 11.6 Å². The van der Waals surface area contributed by atoms with Crippen LogP contribution < -0.4 is 10.6 Å². The first-order chi connectivity index (χ1) is 13.3. The zero-order chi connectivity index (χ0) is 20.4. The van der Waals surface area contributed by atoms with E-state index in [1.165, 1.54) is 25.4 Å². The highest BCUT2D eigenvalue weighted by Crippen LogP contribution is 2.24. The maximum atomic E-state index is 14.2. The fraction of sp³-hybridized carbons (Fsp3) is 0.0588. The number of rotatable bonds is 4. The number of carbonyl (C=O) groups is 2. The largest absolute Gasteiger partial charge is 0.355 e. The molecule has 0 aliphatic rings. The molecule has 0 radical (unpaired) electrons. The zero-order valence-electron chi connectivity index (χ0n) is 14.1. The number of pyridine rings is 1. The van der Waals surface area contributed by atoms with Gasteiger partial charge >= 0.3 is 0 Å². The van der Waals surface area contributed by atoms with Crippen LogP contribution in [-0.4, -0.2) is 33.6 Å². The number of anilines is 1. The lowest BCUT2D eigenvalue weighted by atomic mass is 10.1. The van der Waals surface area contributed by atoms with Crippen molar-refractivity contribution in [2.45, 2.75) is 0 Å². The summed E-state index contributed by atoms with van der Waals surface area (Å²) in [6.45, 7) is 0. The molecule has 3 rings (SSSR count). The molecule has 0 atom stereocenters. The standard InChI is InChI=1S/C17H11ClF3N5O2/c1-22-16(27)9-5-8(19)6-11(20)14(9)24-17(28)12-7-13(21)25-26(12)15-10(18)3-2-4-23-15/h2-7H,1H3,(H,22,27)(H,24,28). The maximum absolute atomic E-state index is 14.2. The van der Waals surface area contributed by atoms with E-state index in [0.29, 0.717) is 6.07 Å². The first kappa shape index (κ1) is 19.4. The van der Waals surface area contributed by atoms with Crippen LogP contribution in [0.3, 0.4) is 0 Å². The minimum Gasteiger partial charge on any atom is -0.355 e. The molecule has 7 nitrogen and oxygen atoms in total. The third-order valence-corrected chi connectivity index (χ3v) is 3.91. The third kappa shape index (κ3) is 3.67. The Morgan fingerprint density at radius 2 is 1.89 bits per heavy atom. The SMILES string of the molecule is CNC(=O)c1cc(F)cc(F)c1NC(=O)c1cc(F)nn1-c1ncccc1Cl. The lowest BCUT2D eigenvalue weighted by molar-refractivity contribution is 0.0963. The number of nitrogens with one attached hydrogen (secondary N) is 2. The molecule has 0 bridgehead atoms. The van der Waals surface area contributed by atoms with E-state index in [-0.39, 0.29) is 16.5 Å². The normalized spacial score (nSPS) is 10.6. The Morgan fingerprint density at radius 1 is 1.14 bits per heavy atom. The number of aromatic nitrogens is 3. The van der Waals surface area contributed by atoms with Gasteiger partial charge in [0.2, 0.25) is 5.95 Å². The summed E-state index contributed by atoms with van der Waals surface area (Å²) in [4.78, 5) is 28.5. The summed E-state index contributed by atoms with van der Waals surface area (Å²) in [5.41, 5.74) is -1.40. The maximum Gasteiger partial charge on any atom is 0.274 e. The molecule has 2 amide bonds. The summed E-state index contributed by atoms with van der Waals surface area (Å²) < 4.78 is 42.2. The average Bonchev–Trinajstić information content (AvgIpc) is 3.05. The molecule has 3 aromatic rings. The highest BCUT2D eigenvalue weighted by molar-refractivity contribution is 6.32. The van der Waals surface area contributed by atoms with E-state index in [2.05, 4.69) is 20.7 Å². The summed E-state index contributed by atoms with van der Waals surface area (Å²) in [5, 5.41) is 7.96. The molecule has 2 N–H and O–H groups in total. The lowest BCUT2D eigenvalue weighted by Gasteiger charge is -2.12. The molecule has 0 aliphatic heterocycles. The van der Waals surface area contributed by atoms with Crippen molar-refractivity contribution in [3.63, 3.8) is 0 Å². The summed E-state index contributed by atoms with van der Waals surface area (Å²) in [6, 6.07) is 5.01. The van der Waals surface area contributed by atoms with Crippen molar-refractivity contribution in [1.29, 1.82) is 0 Å². The van der Waals surface area contributed by atoms with Gasteiger partial charge in [-0.15, -0.1) is 5.10 Å². The molecule has 0 fully saturated rings. The highest BCUT2D eigenvalue weighted by Gasteiger charge is 2.23. The minimum atomic E-state index is -1.19. The van der Waals surface area contributed by atoms with Crippen molar-refractivity contribution in [1.82, 2.24) is 20.1 Å². The van der Waals surface area contributed by atoms with Crippen LogP contribution in [0.5, 0.6) is 0 Å². The molecule has 0 unspecified atom stereocenters. The Hall–Kier alpha value is -3.40. The van der Waals surface area contributed by atoms with Crippen LogP contribution in [0.25, 0.3) is 5.82 Å². The van der Waals surface area contributed by atoms with Gasteiger partial charge in [-0.3, -0.25) is 9.59 Å². The number of carbonyl (C=O) groups excluding carboxylic acids is 2. The van der Waals surface area contributed by atoms with Gasteiger partial charge in [0.15, 0.2) is 5.82 Å². The fourth-order valence-corrected chi connectivity index (χ4v) is 2.60. The zero-order valence-corrected chi connectivity index (χ0v) is 14.9. The Morgan fingerprint density at radius 3 is 2.57 bits per heavy atom. The molecule has 11 heteroatoms. The Labute approximate surface area is 161 Å². The quantitative estimate of drug-likeness (QED) is 0.693. The summed E-state index contributed by atoms with van der Waals surface area (Å²) in [6.07, 6.45) is 1.35. The highest BCUT2D eigenvalue weighted by atomic mass is 35.5. The van der Waals surface area contributed by atoms with Crippen LogP contribution >= 0.6 is 11.6 Å². The van der Waals surface area contributed by atoms with E-state index in [9.17, 15) is 22.8 Å². The smallest absolute Gasteiger partial charge is 0.274 e. The molecule has 144 valence electrons. The Balaban J connectivity index is 2.05. The van der Waals surface area contributed by atoms with Crippen LogP contribution in [0.2, 0.25) is 5.02 Å². The van der Waals surface area contributed by atoms with Gasteiger partial charge in [-0.05, 0) is 18.2 Å². The molecule has 2 aromatic heterocycles. The molecule has 28 heavy (non-hydrogen) atoms. The van der Waals surface area contributed by atoms with Crippen molar-refractivity contribution in [3.8, 4) is 5.82 Å². The molecule has 0 saturated heterocycles. The van der Waals surface area contributed by atoms with Gasteiger partial charge in [-0.25, -0.2) is 18.4 Å². The van der Waals surface area contributed by atoms with Gasteiger partial charge in [0.25, 0.3) is 11.8 Å². The first-order valence-electron chi connectivity index (χ1n) is 7.70. The number of halogens is 4. The summed E-state index contributed by atoms with van der Waals surface area (Å²) in [7, 11) is 1.25. The summed E-state index contributed by atoms with van der Waals surface area (Å²) in [5.74, 6) is -5.10. The van der Waals surface area contributed by atoms with E-state index in [0.717, 1.165) is 16.8 Å². The fourth-order valence-electron chi connectivity index (χ4n) is 2.40. The first-order valence-corrected chi connectivity index (χ1v) is 8.08. The number of hydrogen-bond acceptors (Lipinski definition) is 4. The van der Waals surface area contributed by atoms with Crippen molar-refractivity contribution in [2.75, 3.05) is 12.4 Å². The van der Waals surface area contributed by atoms with E-state index >= 15 is 0 Å². The van der Waals surface area contributed by atoms with Crippen molar-refractivity contribution in [2.24, 2.45) is 0 Å². The van der Waals surface area contributed by atoms with Crippen molar-refractivity contribution < 1.29 is 22.8 Å². The topological polar surface area (TPSA) is 88.9 Å². The van der Waals surface area contributed by atoms with Gasteiger partial charge in [-0.2, -0.15) is 4.39 Å². The van der Waals surface area contributed by atoms with Crippen LogP contribution in [-0.2, 0) is 0 Å². The second-order valence-corrected chi connectivity index (χ2v) is 5.82. The predicted molar refractivity (Wildman–Crippen MR) is 94.0 cm³/mol. The molecular formula is C17H11ClF3N5O2. The molecular weight excluding hydrogens is 399 g/mol. The van der Waals surface area contributed by atoms with Gasteiger partial charge in [-0.1, -0.05) is 11.6 Å². The predicted octanol–water partition coefficient (Wildman–Crippen LogP) is 2.95. The minimum absolute atomic E-state index is 0.0377. The summed E-state index contributed by atoms with van der Waals surface area (Å²) >= 11 is 6.00. The second kappa shape index (κ2) is 7.69. The molecule has 0 aliphatic carbocycles. The van der Waals surface area contributed by atoms with Crippen molar-refractivity contribution >= 4 is 29.1 Å². The van der Waals surface area contributed by atoms with Gasteiger partial charge in [0, 0.05) is 25.4 Å². The lowest BCUT2D eigenvalue weighted by Crippen LogP contribution is -2.24. The molecule has 1 aromatic carbocycles.